The molecular formula is C25H27NO6. The van der Waals surface area contributed by atoms with Gasteiger partial charge in [-0.3, -0.25) is 9.59 Å². The second kappa shape index (κ2) is 9.04. The summed E-state index contributed by atoms with van der Waals surface area (Å²) in [6.07, 6.45) is 1.59. The molecule has 2 aromatic rings. The van der Waals surface area contributed by atoms with E-state index in [4.69, 9.17) is 14.2 Å². The van der Waals surface area contributed by atoms with Gasteiger partial charge < -0.3 is 24.2 Å². The normalized spacial score (nSPS) is 22.4. The number of carbonyl (C=O) groups is 2. The van der Waals surface area contributed by atoms with Crippen molar-refractivity contribution < 1.29 is 28.9 Å². The second-order valence-electron chi connectivity index (χ2n) is 8.01. The fourth-order valence-electron chi connectivity index (χ4n) is 4.47. The van der Waals surface area contributed by atoms with Gasteiger partial charge >= 0.3 is 0 Å². The molecule has 7 nitrogen and oxygen atoms in total. The highest BCUT2D eigenvalue weighted by Crippen LogP contribution is 2.43. The lowest BCUT2D eigenvalue weighted by Gasteiger charge is -2.28. The maximum Gasteiger partial charge on any atom is 0.295 e. The van der Waals surface area contributed by atoms with E-state index in [1.165, 1.54) is 12.0 Å². The third-order valence-electron chi connectivity index (χ3n) is 6.07. The molecule has 0 aliphatic carbocycles. The fourth-order valence-corrected chi connectivity index (χ4v) is 4.47. The summed E-state index contributed by atoms with van der Waals surface area (Å²) in [5.74, 6) is -0.386. The lowest BCUT2D eigenvalue weighted by molar-refractivity contribution is -0.140. The average Bonchev–Trinajstić information content (AvgIpc) is 3.41. The number of aryl methyl sites for hydroxylation is 1. The molecule has 32 heavy (non-hydrogen) atoms. The first-order valence-corrected chi connectivity index (χ1v) is 10.6. The molecule has 2 saturated heterocycles. The third-order valence-corrected chi connectivity index (χ3v) is 6.07. The van der Waals surface area contributed by atoms with Gasteiger partial charge in [0.2, 0.25) is 0 Å². The molecule has 4 rings (SSSR count). The van der Waals surface area contributed by atoms with Crippen LogP contribution in [0.15, 0.2) is 48.0 Å². The van der Waals surface area contributed by atoms with Crippen molar-refractivity contribution >= 4 is 17.4 Å². The highest BCUT2D eigenvalue weighted by molar-refractivity contribution is 6.46. The van der Waals surface area contributed by atoms with Crippen LogP contribution in [0.5, 0.6) is 11.5 Å². The summed E-state index contributed by atoms with van der Waals surface area (Å²) in [4.78, 5) is 27.8. The van der Waals surface area contributed by atoms with E-state index < -0.39 is 17.7 Å². The number of aliphatic hydroxyl groups is 1. The van der Waals surface area contributed by atoms with E-state index in [1.807, 2.05) is 25.1 Å². The van der Waals surface area contributed by atoms with Gasteiger partial charge in [0, 0.05) is 24.3 Å². The van der Waals surface area contributed by atoms with Gasteiger partial charge in [-0.2, -0.15) is 0 Å². The standard InChI is InChI=1S/C25H27NO6/c1-15-13-16(10-11-19(15)30-2)23(27)21-22(18-8-4-5-9-20(18)31-3)26(25(29)24(21)28)14-17-7-6-12-32-17/h4-5,8-11,13,17,22,27H,6-7,12,14H2,1-3H3/b23-21+. The Hall–Kier alpha value is -3.32. The van der Waals surface area contributed by atoms with E-state index in [9.17, 15) is 14.7 Å². The first-order chi connectivity index (χ1) is 15.5. The fraction of sp³-hybridized carbons (Fsp3) is 0.360. The lowest BCUT2D eigenvalue weighted by Crippen LogP contribution is -2.36. The largest absolute Gasteiger partial charge is 0.507 e. The molecule has 0 saturated carbocycles. The van der Waals surface area contributed by atoms with Crippen LogP contribution in [-0.2, 0) is 14.3 Å². The molecule has 0 radical (unpaired) electrons. The average molecular weight is 437 g/mol. The van der Waals surface area contributed by atoms with Crippen LogP contribution in [-0.4, -0.2) is 55.2 Å². The van der Waals surface area contributed by atoms with Crippen LogP contribution in [0.25, 0.3) is 5.76 Å². The number of hydrogen-bond acceptors (Lipinski definition) is 6. The zero-order valence-corrected chi connectivity index (χ0v) is 18.5. The minimum Gasteiger partial charge on any atom is -0.507 e. The molecule has 0 bridgehead atoms. The topological polar surface area (TPSA) is 85.3 Å². The van der Waals surface area contributed by atoms with Gasteiger partial charge in [0.1, 0.15) is 17.3 Å². The van der Waals surface area contributed by atoms with Crippen LogP contribution in [0, 0.1) is 6.92 Å². The molecule has 1 amide bonds. The van der Waals surface area contributed by atoms with Crippen LogP contribution >= 0.6 is 0 Å². The number of ether oxygens (including phenoxy) is 3. The Morgan fingerprint density at radius 1 is 1.12 bits per heavy atom. The number of nitrogens with zero attached hydrogens (tertiary/aromatic N) is 1. The molecule has 1 N–H and O–H groups in total. The van der Waals surface area contributed by atoms with Crippen molar-refractivity contribution in [2.75, 3.05) is 27.4 Å². The Morgan fingerprint density at radius 2 is 1.88 bits per heavy atom. The molecule has 2 atom stereocenters. The minimum atomic E-state index is -0.780. The van der Waals surface area contributed by atoms with Crippen LogP contribution in [0.2, 0.25) is 0 Å². The Bertz CT molecular complexity index is 1070. The molecule has 0 aromatic heterocycles. The highest BCUT2D eigenvalue weighted by Gasteiger charge is 2.48. The molecule has 2 aliphatic heterocycles. The number of aliphatic hydroxyl groups excluding tert-OH is 1. The maximum atomic E-state index is 13.2. The summed E-state index contributed by atoms with van der Waals surface area (Å²) in [5.41, 5.74) is 1.93. The van der Waals surface area contributed by atoms with Crippen molar-refractivity contribution in [1.82, 2.24) is 4.90 Å². The van der Waals surface area contributed by atoms with Gasteiger partial charge in [0.25, 0.3) is 11.7 Å². The maximum absolute atomic E-state index is 13.2. The molecule has 2 heterocycles. The smallest absolute Gasteiger partial charge is 0.295 e. The predicted molar refractivity (Wildman–Crippen MR) is 119 cm³/mol. The van der Waals surface area contributed by atoms with Gasteiger partial charge in [-0.05, 0) is 49.6 Å². The van der Waals surface area contributed by atoms with Crippen LogP contribution < -0.4 is 9.47 Å². The molecule has 2 aliphatic rings. The van der Waals surface area contributed by atoms with Crippen LogP contribution in [0.1, 0.15) is 35.6 Å². The number of amides is 1. The van der Waals surface area contributed by atoms with Gasteiger partial charge in [-0.25, -0.2) is 0 Å². The summed E-state index contributed by atoms with van der Waals surface area (Å²) in [5, 5.41) is 11.2. The molecule has 168 valence electrons. The van der Waals surface area contributed by atoms with E-state index in [0.29, 0.717) is 29.2 Å². The summed E-state index contributed by atoms with van der Waals surface area (Å²) in [6, 6.07) is 11.6. The van der Waals surface area contributed by atoms with Crippen molar-refractivity contribution in [2.45, 2.75) is 31.9 Å². The van der Waals surface area contributed by atoms with E-state index in [1.54, 1.807) is 31.4 Å². The zero-order chi connectivity index (χ0) is 22.8. The number of rotatable bonds is 6. The van der Waals surface area contributed by atoms with Gasteiger partial charge in [-0.15, -0.1) is 0 Å². The van der Waals surface area contributed by atoms with Crippen molar-refractivity contribution in [3.63, 3.8) is 0 Å². The zero-order valence-electron chi connectivity index (χ0n) is 18.5. The Morgan fingerprint density at radius 3 is 2.53 bits per heavy atom. The van der Waals surface area contributed by atoms with E-state index in [0.717, 1.165) is 18.4 Å². The number of carbonyl (C=O) groups excluding carboxylic acids is 2. The molecule has 2 unspecified atom stereocenters. The quantitative estimate of drug-likeness (QED) is 0.422. The number of para-hydroxylation sites is 1. The summed E-state index contributed by atoms with van der Waals surface area (Å²) in [6.45, 7) is 2.76. The number of ketones is 1. The van der Waals surface area contributed by atoms with Gasteiger partial charge in [0.05, 0.1) is 31.9 Å². The minimum absolute atomic E-state index is 0.0436. The van der Waals surface area contributed by atoms with E-state index >= 15 is 0 Å². The van der Waals surface area contributed by atoms with Crippen molar-refractivity contribution in [3.8, 4) is 11.5 Å². The Kier molecular flexibility index (Phi) is 6.19. The van der Waals surface area contributed by atoms with E-state index in [-0.39, 0.29) is 24.0 Å². The van der Waals surface area contributed by atoms with Crippen molar-refractivity contribution in [2.24, 2.45) is 0 Å². The number of benzene rings is 2. The highest BCUT2D eigenvalue weighted by atomic mass is 16.5. The molecule has 2 fully saturated rings. The number of hydrogen-bond donors (Lipinski definition) is 1. The summed E-state index contributed by atoms with van der Waals surface area (Å²) >= 11 is 0. The SMILES string of the molecule is COc1ccc(/C(O)=C2\C(=O)C(=O)N(CC3CCCO3)C2c2ccccc2OC)cc1C. The predicted octanol–water partition coefficient (Wildman–Crippen LogP) is 3.61. The summed E-state index contributed by atoms with van der Waals surface area (Å²) < 4.78 is 16.6. The van der Waals surface area contributed by atoms with Gasteiger partial charge in [-0.1, -0.05) is 18.2 Å². The van der Waals surface area contributed by atoms with E-state index in [2.05, 4.69) is 0 Å². The monoisotopic (exact) mass is 437 g/mol. The Labute approximate surface area is 187 Å². The molecule has 0 spiro atoms. The number of methoxy groups -OCH3 is 2. The first-order valence-electron chi connectivity index (χ1n) is 10.6. The van der Waals surface area contributed by atoms with Crippen molar-refractivity contribution in [3.05, 3.63) is 64.7 Å². The number of likely N-dealkylation sites (tertiary alicyclic amines) is 1. The van der Waals surface area contributed by atoms with Crippen LogP contribution in [0.4, 0.5) is 0 Å². The molecule has 7 heteroatoms. The second-order valence-corrected chi connectivity index (χ2v) is 8.01. The first kappa shape index (κ1) is 21.9. The van der Waals surface area contributed by atoms with Gasteiger partial charge in [0.15, 0.2) is 0 Å². The lowest BCUT2D eigenvalue weighted by atomic mass is 9.94. The van der Waals surface area contributed by atoms with Crippen molar-refractivity contribution in [1.29, 1.82) is 0 Å². The number of Topliss-reactive ketones (excluding diaryl/α,β-unsaturated/α-hetero) is 1. The molecule has 2 aromatic carbocycles. The third kappa shape index (κ3) is 3.84. The van der Waals surface area contributed by atoms with Crippen LogP contribution in [0.3, 0.4) is 0 Å². The molecular weight excluding hydrogens is 410 g/mol. The Balaban J connectivity index is 1.86. The summed E-state index contributed by atoms with van der Waals surface area (Å²) in [7, 11) is 3.11.